The van der Waals surface area contributed by atoms with E-state index in [1.54, 1.807) is 13.3 Å². The van der Waals surface area contributed by atoms with Crippen LogP contribution in [0.4, 0.5) is 0 Å². The maximum absolute atomic E-state index is 12.4. The monoisotopic (exact) mass is 446 g/mol. The van der Waals surface area contributed by atoms with Crippen LogP contribution in [0.2, 0.25) is 0 Å². The molecule has 0 aliphatic rings. The molecule has 0 unspecified atom stereocenters. The van der Waals surface area contributed by atoms with Gasteiger partial charge in [-0.1, -0.05) is 81.5 Å². The standard InChI is InChI=1S/C28H34N2O3/c1-3-4-5-6-7-10-18-33-26-17-16-22(19-27(26)32-2)21-29-30-28(31)20-24-14-11-13-23-12-8-9-15-25(23)24/h8-9,11-17,19,21H,3-7,10,18,20H2,1-2H3,(H,30,31)/b29-21+. The van der Waals surface area contributed by atoms with E-state index < -0.39 is 0 Å². The number of hydrogen-bond donors (Lipinski definition) is 1. The van der Waals surface area contributed by atoms with Crippen molar-refractivity contribution >= 4 is 22.9 Å². The van der Waals surface area contributed by atoms with Gasteiger partial charge in [-0.3, -0.25) is 4.79 Å². The summed E-state index contributed by atoms with van der Waals surface area (Å²) in [6.45, 7) is 2.91. The van der Waals surface area contributed by atoms with Gasteiger partial charge in [-0.2, -0.15) is 5.10 Å². The van der Waals surface area contributed by atoms with E-state index in [9.17, 15) is 4.79 Å². The number of nitrogens with zero attached hydrogens (tertiary/aromatic N) is 1. The van der Waals surface area contributed by atoms with Gasteiger partial charge in [0.2, 0.25) is 5.91 Å². The number of rotatable bonds is 13. The summed E-state index contributed by atoms with van der Waals surface area (Å²) < 4.78 is 11.4. The quantitative estimate of drug-likeness (QED) is 0.191. The number of unbranched alkanes of at least 4 members (excludes halogenated alkanes) is 5. The summed E-state index contributed by atoms with van der Waals surface area (Å²) >= 11 is 0. The van der Waals surface area contributed by atoms with Crippen LogP contribution in [-0.4, -0.2) is 25.8 Å². The SMILES string of the molecule is CCCCCCCCOc1ccc(/C=N/NC(=O)Cc2cccc3ccccc23)cc1OC. The van der Waals surface area contributed by atoms with Crippen LogP contribution < -0.4 is 14.9 Å². The number of hydrazone groups is 1. The van der Waals surface area contributed by atoms with Crippen LogP contribution in [0.1, 0.15) is 56.6 Å². The van der Waals surface area contributed by atoms with Crippen LogP contribution in [0.5, 0.6) is 11.5 Å². The number of nitrogens with one attached hydrogen (secondary N) is 1. The molecule has 3 aromatic rings. The van der Waals surface area contributed by atoms with Crippen molar-refractivity contribution in [3.8, 4) is 11.5 Å². The van der Waals surface area contributed by atoms with E-state index in [2.05, 4.69) is 17.5 Å². The largest absolute Gasteiger partial charge is 0.493 e. The van der Waals surface area contributed by atoms with E-state index in [0.717, 1.165) is 34.1 Å². The lowest BCUT2D eigenvalue weighted by molar-refractivity contribution is -0.120. The number of methoxy groups -OCH3 is 1. The molecule has 1 amide bonds. The molecule has 0 aliphatic carbocycles. The molecule has 0 aliphatic heterocycles. The van der Waals surface area contributed by atoms with Crippen LogP contribution in [0.3, 0.4) is 0 Å². The van der Waals surface area contributed by atoms with Gasteiger partial charge in [0.1, 0.15) is 0 Å². The van der Waals surface area contributed by atoms with Crippen LogP contribution in [0, 0.1) is 0 Å². The molecule has 33 heavy (non-hydrogen) atoms. The summed E-state index contributed by atoms with van der Waals surface area (Å²) in [5.41, 5.74) is 4.42. The number of benzene rings is 3. The molecule has 174 valence electrons. The van der Waals surface area contributed by atoms with Gasteiger partial charge in [0, 0.05) is 0 Å². The fraction of sp³-hybridized carbons (Fsp3) is 0.357. The molecule has 0 saturated carbocycles. The fourth-order valence-electron chi connectivity index (χ4n) is 3.79. The molecule has 1 N–H and O–H groups in total. The Labute approximate surface area is 196 Å². The van der Waals surface area contributed by atoms with E-state index in [1.165, 1.54) is 32.1 Å². The van der Waals surface area contributed by atoms with Crippen molar-refractivity contribution in [1.29, 1.82) is 0 Å². The highest BCUT2D eigenvalue weighted by atomic mass is 16.5. The smallest absolute Gasteiger partial charge is 0.244 e. The third kappa shape index (κ3) is 7.63. The highest BCUT2D eigenvalue weighted by molar-refractivity contribution is 5.90. The number of hydrogen-bond acceptors (Lipinski definition) is 4. The van der Waals surface area contributed by atoms with Crippen molar-refractivity contribution in [2.24, 2.45) is 5.10 Å². The Balaban J connectivity index is 1.49. The molecular weight excluding hydrogens is 412 g/mol. The Morgan fingerprint density at radius 3 is 2.58 bits per heavy atom. The first-order valence-corrected chi connectivity index (χ1v) is 11.8. The van der Waals surface area contributed by atoms with Gasteiger partial charge in [-0.05, 0) is 46.5 Å². The highest BCUT2D eigenvalue weighted by Crippen LogP contribution is 2.28. The molecule has 0 bridgehead atoms. The molecule has 0 heterocycles. The van der Waals surface area contributed by atoms with Crippen molar-refractivity contribution < 1.29 is 14.3 Å². The van der Waals surface area contributed by atoms with Crippen LogP contribution >= 0.6 is 0 Å². The van der Waals surface area contributed by atoms with E-state index in [1.807, 2.05) is 60.7 Å². The molecule has 3 rings (SSSR count). The summed E-state index contributed by atoms with van der Waals surface area (Å²) in [7, 11) is 1.62. The third-order valence-corrected chi connectivity index (χ3v) is 5.58. The van der Waals surface area contributed by atoms with Crippen molar-refractivity contribution in [1.82, 2.24) is 5.43 Å². The second kappa shape index (κ2) is 13.3. The lowest BCUT2D eigenvalue weighted by Crippen LogP contribution is -2.19. The molecule has 0 radical (unpaired) electrons. The minimum Gasteiger partial charge on any atom is -0.493 e. The molecular formula is C28H34N2O3. The van der Waals surface area contributed by atoms with Crippen molar-refractivity contribution in [2.75, 3.05) is 13.7 Å². The van der Waals surface area contributed by atoms with Gasteiger partial charge in [0.15, 0.2) is 11.5 Å². The van der Waals surface area contributed by atoms with Gasteiger partial charge < -0.3 is 9.47 Å². The van der Waals surface area contributed by atoms with Gasteiger partial charge in [-0.25, -0.2) is 5.43 Å². The van der Waals surface area contributed by atoms with Crippen molar-refractivity contribution in [3.05, 3.63) is 71.8 Å². The summed E-state index contributed by atoms with van der Waals surface area (Å²) in [6, 6.07) is 19.7. The first-order valence-electron chi connectivity index (χ1n) is 11.8. The first-order chi connectivity index (χ1) is 16.2. The number of amides is 1. The zero-order chi connectivity index (χ0) is 23.3. The molecule has 0 aromatic heterocycles. The van der Waals surface area contributed by atoms with Gasteiger partial charge in [-0.15, -0.1) is 0 Å². The second-order valence-electron chi connectivity index (χ2n) is 8.13. The zero-order valence-corrected chi connectivity index (χ0v) is 19.7. The molecule has 0 atom stereocenters. The van der Waals surface area contributed by atoms with Crippen LogP contribution in [0.15, 0.2) is 65.8 Å². The Kier molecular flexibility index (Phi) is 9.77. The maximum Gasteiger partial charge on any atom is 0.244 e. The molecule has 5 nitrogen and oxygen atoms in total. The van der Waals surface area contributed by atoms with E-state index in [4.69, 9.17) is 9.47 Å². The summed E-state index contributed by atoms with van der Waals surface area (Å²) in [6.07, 6.45) is 9.24. The van der Waals surface area contributed by atoms with Crippen LogP contribution in [0.25, 0.3) is 10.8 Å². The van der Waals surface area contributed by atoms with E-state index in [-0.39, 0.29) is 12.3 Å². The molecule has 3 aromatic carbocycles. The van der Waals surface area contributed by atoms with Crippen molar-refractivity contribution in [2.45, 2.75) is 51.9 Å². The fourth-order valence-corrected chi connectivity index (χ4v) is 3.79. The summed E-state index contributed by atoms with van der Waals surface area (Å²) in [4.78, 5) is 12.4. The number of carbonyl (C=O) groups is 1. The molecule has 0 saturated heterocycles. The van der Waals surface area contributed by atoms with Gasteiger partial charge in [0.25, 0.3) is 0 Å². The highest BCUT2D eigenvalue weighted by Gasteiger charge is 2.07. The molecule has 0 fully saturated rings. The van der Waals surface area contributed by atoms with Crippen molar-refractivity contribution in [3.63, 3.8) is 0 Å². The van der Waals surface area contributed by atoms with E-state index in [0.29, 0.717) is 12.4 Å². The molecule has 0 spiro atoms. The zero-order valence-electron chi connectivity index (χ0n) is 19.7. The Morgan fingerprint density at radius 2 is 1.73 bits per heavy atom. The van der Waals surface area contributed by atoms with Gasteiger partial charge in [0.05, 0.1) is 26.4 Å². The molecule has 5 heteroatoms. The summed E-state index contributed by atoms with van der Waals surface area (Å²) in [5, 5.41) is 6.32. The Hall–Kier alpha value is -3.34. The minimum atomic E-state index is -0.159. The number of ether oxygens (including phenoxy) is 2. The lowest BCUT2D eigenvalue weighted by Gasteiger charge is -2.11. The number of fused-ring (bicyclic) bond motifs is 1. The normalized spacial score (nSPS) is 11.1. The average Bonchev–Trinajstić information content (AvgIpc) is 2.84. The minimum absolute atomic E-state index is 0.159. The third-order valence-electron chi connectivity index (χ3n) is 5.58. The van der Waals surface area contributed by atoms with Crippen LogP contribution in [-0.2, 0) is 11.2 Å². The van der Waals surface area contributed by atoms with E-state index >= 15 is 0 Å². The maximum atomic E-state index is 12.4. The topological polar surface area (TPSA) is 59.9 Å². The predicted octanol–water partition coefficient (Wildman–Crippen LogP) is 6.28. The first kappa shape index (κ1) is 24.3. The lowest BCUT2D eigenvalue weighted by atomic mass is 10.0. The Morgan fingerprint density at radius 1 is 0.939 bits per heavy atom. The predicted molar refractivity (Wildman–Crippen MR) is 135 cm³/mol. The van der Waals surface area contributed by atoms with Gasteiger partial charge >= 0.3 is 0 Å². The number of carbonyl (C=O) groups excluding carboxylic acids is 1. The second-order valence-corrected chi connectivity index (χ2v) is 8.13. The summed E-state index contributed by atoms with van der Waals surface area (Å²) in [5.74, 6) is 1.23. The average molecular weight is 447 g/mol. The Bertz CT molecular complexity index is 1060.